The molecule has 0 bridgehead atoms. The lowest BCUT2D eigenvalue weighted by atomic mass is 10.1. The predicted octanol–water partition coefficient (Wildman–Crippen LogP) is 2.22. The molecule has 1 saturated heterocycles. The summed E-state index contributed by atoms with van der Waals surface area (Å²) in [6.45, 7) is 1.96. The summed E-state index contributed by atoms with van der Waals surface area (Å²) in [6, 6.07) is 7.83. The predicted molar refractivity (Wildman–Crippen MR) is 94.2 cm³/mol. The Labute approximate surface area is 140 Å². The lowest BCUT2D eigenvalue weighted by molar-refractivity contribution is 0.415. The van der Waals surface area contributed by atoms with E-state index in [1.165, 1.54) is 12.8 Å². The van der Waals surface area contributed by atoms with Crippen LogP contribution >= 0.6 is 0 Å². The molecule has 2 N–H and O–H groups in total. The van der Waals surface area contributed by atoms with Crippen LogP contribution in [-0.2, 0) is 7.05 Å². The van der Waals surface area contributed by atoms with E-state index in [2.05, 4.69) is 15.0 Å². The van der Waals surface area contributed by atoms with E-state index in [1.54, 1.807) is 11.8 Å². The van der Waals surface area contributed by atoms with E-state index in [4.69, 9.17) is 15.5 Å². The van der Waals surface area contributed by atoms with Gasteiger partial charge < -0.3 is 15.4 Å². The molecule has 0 aliphatic carbocycles. The first-order valence-electron chi connectivity index (χ1n) is 8.07. The fourth-order valence-electron chi connectivity index (χ4n) is 3.14. The minimum atomic E-state index is 0.566. The fraction of sp³-hybridized carbons (Fsp3) is 0.353. The molecule has 0 saturated carbocycles. The normalized spacial score (nSPS) is 14.5. The lowest BCUT2D eigenvalue weighted by Gasteiger charge is -2.16. The highest BCUT2D eigenvalue weighted by atomic mass is 16.5. The number of rotatable bonds is 3. The summed E-state index contributed by atoms with van der Waals surface area (Å²) in [6.07, 6.45) is 2.33. The molecule has 3 heterocycles. The summed E-state index contributed by atoms with van der Waals surface area (Å²) in [5, 5.41) is 5.24. The smallest absolute Gasteiger partial charge is 0.228 e. The molecule has 4 rings (SSSR count). The van der Waals surface area contributed by atoms with Crippen LogP contribution in [0.5, 0.6) is 5.75 Å². The van der Waals surface area contributed by atoms with Crippen molar-refractivity contribution in [1.82, 2.24) is 19.7 Å². The monoisotopic (exact) mass is 324 g/mol. The highest BCUT2D eigenvalue weighted by Crippen LogP contribution is 2.33. The quantitative estimate of drug-likeness (QED) is 0.795. The maximum Gasteiger partial charge on any atom is 0.228 e. The highest BCUT2D eigenvalue weighted by molar-refractivity contribution is 5.99. The first-order chi connectivity index (χ1) is 11.7. The minimum absolute atomic E-state index is 0.566. The van der Waals surface area contributed by atoms with Gasteiger partial charge in [-0.15, -0.1) is 0 Å². The summed E-state index contributed by atoms with van der Waals surface area (Å²) in [4.78, 5) is 11.7. The van der Waals surface area contributed by atoms with Crippen molar-refractivity contribution in [3.8, 4) is 17.0 Å². The number of aromatic nitrogens is 4. The molecule has 0 amide bonds. The number of methoxy groups -OCH3 is 1. The van der Waals surface area contributed by atoms with Crippen molar-refractivity contribution in [3.63, 3.8) is 0 Å². The van der Waals surface area contributed by atoms with Gasteiger partial charge >= 0.3 is 0 Å². The number of nitrogens with two attached hydrogens (primary N) is 1. The number of ether oxygens (including phenoxy) is 1. The van der Waals surface area contributed by atoms with E-state index in [0.717, 1.165) is 41.4 Å². The SMILES string of the molecule is COc1cccc(-c2nc(N3CCCC3)nc3nn(C)c(N)c23)c1. The van der Waals surface area contributed by atoms with E-state index in [1.807, 2.05) is 31.3 Å². The van der Waals surface area contributed by atoms with Gasteiger partial charge in [-0.25, -0.2) is 4.98 Å². The molecule has 1 aliphatic heterocycles. The van der Waals surface area contributed by atoms with Crippen molar-refractivity contribution in [3.05, 3.63) is 24.3 Å². The second-order valence-corrected chi connectivity index (χ2v) is 6.01. The van der Waals surface area contributed by atoms with Crippen molar-refractivity contribution in [2.24, 2.45) is 7.05 Å². The zero-order valence-electron chi connectivity index (χ0n) is 13.9. The highest BCUT2D eigenvalue weighted by Gasteiger charge is 2.21. The van der Waals surface area contributed by atoms with Gasteiger partial charge in [-0.05, 0) is 25.0 Å². The molecule has 7 heteroatoms. The summed E-state index contributed by atoms with van der Waals surface area (Å²) in [5.41, 5.74) is 8.60. The lowest BCUT2D eigenvalue weighted by Crippen LogP contribution is -2.20. The number of hydrogen-bond acceptors (Lipinski definition) is 6. The summed E-state index contributed by atoms with van der Waals surface area (Å²) in [7, 11) is 3.48. The molecule has 1 fully saturated rings. The second-order valence-electron chi connectivity index (χ2n) is 6.01. The van der Waals surface area contributed by atoms with Gasteiger partial charge in [0.2, 0.25) is 5.95 Å². The molecule has 7 nitrogen and oxygen atoms in total. The molecule has 3 aromatic rings. The van der Waals surface area contributed by atoms with Crippen LogP contribution in [0.25, 0.3) is 22.3 Å². The van der Waals surface area contributed by atoms with Gasteiger partial charge in [0.25, 0.3) is 0 Å². The Kier molecular flexibility index (Phi) is 3.48. The molecule has 0 spiro atoms. The maximum absolute atomic E-state index is 6.23. The van der Waals surface area contributed by atoms with Crippen molar-refractivity contribution in [2.75, 3.05) is 30.8 Å². The molecular weight excluding hydrogens is 304 g/mol. The Morgan fingerprint density at radius 2 is 1.96 bits per heavy atom. The van der Waals surface area contributed by atoms with E-state index in [0.29, 0.717) is 11.5 Å². The van der Waals surface area contributed by atoms with Crippen LogP contribution < -0.4 is 15.4 Å². The van der Waals surface area contributed by atoms with Gasteiger partial charge in [-0.1, -0.05) is 12.1 Å². The van der Waals surface area contributed by atoms with Crippen LogP contribution in [-0.4, -0.2) is 39.9 Å². The summed E-state index contributed by atoms with van der Waals surface area (Å²) < 4.78 is 7.00. The van der Waals surface area contributed by atoms with E-state index >= 15 is 0 Å². The van der Waals surface area contributed by atoms with Gasteiger partial charge in [0.05, 0.1) is 18.2 Å². The van der Waals surface area contributed by atoms with Gasteiger partial charge in [-0.2, -0.15) is 10.1 Å². The van der Waals surface area contributed by atoms with Crippen LogP contribution in [0.3, 0.4) is 0 Å². The zero-order chi connectivity index (χ0) is 16.7. The molecule has 1 aromatic carbocycles. The molecule has 124 valence electrons. The minimum Gasteiger partial charge on any atom is -0.497 e. The molecule has 0 unspecified atom stereocenters. The number of nitrogens with zero attached hydrogens (tertiary/aromatic N) is 5. The third kappa shape index (κ3) is 2.33. The van der Waals surface area contributed by atoms with Crippen molar-refractivity contribution >= 4 is 22.8 Å². The Balaban J connectivity index is 1.96. The van der Waals surface area contributed by atoms with Crippen LogP contribution in [0.4, 0.5) is 11.8 Å². The topological polar surface area (TPSA) is 82.1 Å². The molecule has 2 aromatic heterocycles. The molecule has 24 heavy (non-hydrogen) atoms. The number of hydrogen-bond donors (Lipinski definition) is 1. The molecule has 1 aliphatic rings. The number of fused-ring (bicyclic) bond motifs is 1. The maximum atomic E-state index is 6.23. The van der Waals surface area contributed by atoms with Crippen LogP contribution in [0.15, 0.2) is 24.3 Å². The molecule has 0 radical (unpaired) electrons. The van der Waals surface area contributed by atoms with Crippen LogP contribution in [0.1, 0.15) is 12.8 Å². The average molecular weight is 324 g/mol. The van der Waals surface area contributed by atoms with Crippen molar-refractivity contribution in [2.45, 2.75) is 12.8 Å². The second kappa shape index (κ2) is 5.67. The van der Waals surface area contributed by atoms with Crippen molar-refractivity contribution in [1.29, 1.82) is 0 Å². The van der Waals surface area contributed by atoms with E-state index < -0.39 is 0 Å². The summed E-state index contributed by atoms with van der Waals surface area (Å²) in [5.74, 6) is 2.07. The third-order valence-electron chi connectivity index (χ3n) is 4.46. The first kappa shape index (κ1) is 14.7. The number of nitrogen functional groups attached to an aromatic ring is 1. The third-order valence-corrected chi connectivity index (χ3v) is 4.46. The Bertz CT molecular complexity index is 897. The number of aryl methyl sites for hydroxylation is 1. The van der Waals surface area contributed by atoms with Gasteiger partial charge in [-0.3, -0.25) is 4.68 Å². The van der Waals surface area contributed by atoms with Gasteiger partial charge in [0.15, 0.2) is 5.65 Å². The molecular formula is C17H20N6O. The zero-order valence-corrected chi connectivity index (χ0v) is 13.9. The van der Waals surface area contributed by atoms with Crippen LogP contribution in [0, 0.1) is 0 Å². The standard InChI is InChI=1S/C17H20N6O/c1-22-15(18)13-14(11-6-5-7-12(10-11)24-2)19-17(20-16(13)21-22)23-8-3-4-9-23/h5-7,10H,3-4,8-9,18H2,1-2H3. The Morgan fingerprint density at radius 3 is 2.71 bits per heavy atom. The van der Waals surface area contributed by atoms with E-state index in [-0.39, 0.29) is 0 Å². The van der Waals surface area contributed by atoms with Crippen LogP contribution in [0.2, 0.25) is 0 Å². The Morgan fingerprint density at radius 1 is 1.17 bits per heavy atom. The van der Waals surface area contributed by atoms with E-state index in [9.17, 15) is 0 Å². The first-order valence-corrected chi connectivity index (χ1v) is 8.07. The average Bonchev–Trinajstić information content (AvgIpc) is 3.23. The molecule has 0 atom stereocenters. The van der Waals surface area contributed by atoms with Gasteiger partial charge in [0, 0.05) is 25.7 Å². The Hall–Kier alpha value is -2.83. The van der Waals surface area contributed by atoms with Gasteiger partial charge in [0.1, 0.15) is 11.6 Å². The fourth-order valence-corrected chi connectivity index (χ4v) is 3.14. The summed E-state index contributed by atoms with van der Waals surface area (Å²) >= 11 is 0. The number of anilines is 2. The largest absolute Gasteiger partial charge is 0.497 e. The van der Waals surface area contributed by atoms with Crippen molar-refractivity contribution < 1.29 is 4.74 Å². The number of benzene rings is 1.